The Morgan fingerprint density at radius 1 is 1.35 bits per heavy atom. The number of nitriles is 1. The van der Waals surface area contributed by atoms with E-state index in [1.165, 1.54) is 12.5 Å². The summed E-state index contributed by atoms with van der Waals surface area (Å²) in [5, 5.41) is 22.0. The number of amides is 1. The number of benzene rings is 1. The molecular weight excluding hydrogens is 424 g/mol. The lowest BCUT2D eigenvalue weighted by molar-refractivity contribution is -0.118. The monoisotopic (exact) mass is 440 g/mol. The average Bonchev–Trinajstić information content (AvgIpc) is 2.52. The Labute approximate surface area is 152 Å². The van der Waals surface area contributed by atoms with Crippen LogP contribution >= 0.6 is 31.9 Å². The second-order valence-electron chi connectivity index (χ2n) is 5.84. The molecule has 1 aliphatic rings. The molecule has 0 saturated heterocycles. The van der Waals surface area contributed by atoms with Crippen LogP contribution in [0, 0.1) is 17.2 Å². The largest absolute Gasteiger partial charge is 0.506 e. The number of carbonyl (C=O) groups excluding carboxylic acids is 1. The van der Waals surface area contributed by atoms with Crippen molar-refractivity contribution >= 4 is 43.8 Å². The van der Waals surface area contributed by atoms with E-state index in [0.717, 1.165) is 19.3 Å². The maximum absolute atomic E-state index is 12.4. The molecule has 0 bridgehead atoms. The smallest absolute Gasteiger partial charge is 0.262 e. The lowest BCUT2D eigenvalue weighted by Crippen LogP contribution is -2.41. The number of phenolic OH excluding ortho intramolecular Hbond substituents is 1. The molecule has 2 atom stereocenters. The van der Waals surface area contributed by atoms with Gasteiger partial charge in [0.25, 0.3) is 5.91 Å². The maximum Gasteiger partial charge on any atom is 0.262 e. The molecule has 2 N–H and O–H groups in total. The number of carbonyl (C=O) groups is 1. The van der Waals surface area contributed by atoms with Crippen molar-refractivity contribution in [2.45, 2.75) is 38.6 Å². The van der Waals surface area contributed by atoms with E-state index in [1.54, 1.807) is 12.1 Å². The summed E-state index contributed by atoms with van der Waals surface area (Å²) in [5.74, 6) is 0.178. The Hall–Kier alpha value is -1.32. The zero-order chi connectivity index (χ0) is 17.0. The van der Waals surface area contributed by atoms with Gasteiger partial charge in [0.1, 0.15) is 17.4 Å². The first-order valence-electron chi connectivity index (χ1n) is 7.53. The molecule has 6 heteroatoms. The van der Waals surface area contributed by atoms with Crippen LogP contribution in [0.5, 0.6) is 5.75 Å². The SMILES string of the molecule is C[C@H]1CCCC[C@H]1NC(=O)/C(C#N)=C/c1cc(Br)c(O)c(Br)c1. The Bertz CT molecular complexity index is 657. The van der Waals surface area contributed by atoms with Crippen LogP contribution in [0.15, 0.2) is 26.7 Å². The second kappa shape index (κ2) is 7.98. The van der Waals surface area contributed by atoms with Crippen molar-refractivity contribution in [2.75, 3.05) is 0 Å². The molecule has 1 aliphatic carbocycles. The standard InChI is InChI=1S/C17H18Br2N2O2/c1-10-4-2-3-5-15(10)21-17(23)12(9-20)6-11-7-13(18)16(22)14(19)8-11/h6-8,10,15,22H,2-5H2,1H3,(H,21,23)/b12-6+/t10-,15+/m0/s1. The van der Waals surface area contributed by atoms with Crippen LogP contribution in [0.4, 0.5) is 0 Å². The van der Waals surface area contributed by atoms with Gasteiger partial charge < -0.3 is 10.4 Å². The first-order valence-corrected chi connectivity index (χ1v) is 9.11. The normalized spacial score (nSPS) is 21.6. The maximum atomic E-state index is 12.4. The Morgan fingerprint density at radius 2 is 1.96 bits per heavy atom. The summed E-state index contributed by atoms with van der Waals surface area (Å²) in [6.07, 6.45) is 5.90. The summed E-state index contributed by atoms with van der Waals surface area (Å²) in [7, 11) is 0. The molecular formula is C17H18Br2N2O2. The van der Waals surface area contributed by atoms with Crippen molar-refractivity contribution in [3.63, 3.8) is 0 Å². The molecule has 2 rings (SSSR count). The van der Waals surface area contributed by atoms with Crippen LogP contribution in [0.1, 0.15) is 38.2 Å². The highest BCUT2D eigenvalue weighted by Gasteiger charge is 2.24. The van der Waals surface area contributed by atoms with Crippen LogP contribution in [0.25, 0.3) is 6.08 Å². The third-order valence-corrected chi connectivity index (χ3v) is 5.35. The Kier molecular flexibility index (Phi) is 6.25. The Morgan fingerprint density at radius 3 is 2.52 bits per heavy atom. The number of rotatable bonds is 3. The van der Waals surface area contributed by atoms with E-state index in [4.69, 9.17) is 0 Å². The van der Waals surface area contributed by atoms with Crippen molar-refractivity contribution in [3.8, 4) is 11.8 Å². The van der Waals surface area contributed by atoms with Crippen LogP contribution < -0.4 is 5.32 Å². The van der Waals surface area contributed by atoms with Gasteiger partial charge in [0, 0.05) is 6.04 Å². The zero-order valence-electron chi connectivity index (χ0n) is 12.8. The summed E-state index contributed by atoms with van der Waals surface area (Å²) in [6.45, 7) is 2.13. The molecule has 0 radical (unpaired) electrons. The van der Waals surface area contributed by atoms with Gasteiger partial charge in [0.2, 0.25) is 0 Å². The van der Waals surface area contributed by atoms with Gasteiger partial charge in [-0.3, -0.25) is 4.79 Å². The molecule has 1 aromatic carbocycles. The van der Waals surface area contributed by atoms with Crippen molar-refractivity contribution in [1.82, 2.24) is 5.32 Å². The van der Waals surface area contributed by atoms with E-state index in [0.29, 0.717) is 20.4 Å². The molecule has 1 fully saturated rings. The number of hydrogen-bond acceptors (Lipinski definition) is 3. The molecule has 0 aliphatic heterocycles. The average molecular weight is 442 g/mol. The van der Waals surface area contributed by atoms with E-state index in [2.05, 4.69) is 44.1 Å². The van der Waals surface area contributed by atoms with Gasteiger partial charge in [0.15, 0.2) is 0 Å². The van der Waals surface area contributed by atoms with Crippen LogP contribution in [0.3, 0.4) is 0 Å². The molecule has 1 amide bonds. The number of hydrogen-bond donors (Lipinski definition) is 2. The highest BCUT2D eigenvalue weighted by Crippen LogP contribution is 2.34. The molecule has 0 spiro atoms. The fraction of sp³-hybridized carbons (Fsp3) is 0.412. The molecule has 0 heterocycles. The molecule has 0 unspecified atom stereocenters. The minimum Gasteiger partial charge on any atom is -0.506 e. The molecule has 23 heavy (non-hydrogen) atoms. The van der Waals surface area contributed by atoms with E-state index in [9.17, 15) is 15.2 Å². The zero-order valence-corrected chi connectivity index (χ0v) is 15.9. The quantitative estimate of drug-likeness (QED) is 0.534. The molecule has 4 nitrogen and oxygen atoms in total. The lowest BCUT2D eigenvalue weighted by Gasteiger charge is -2.29. The van der Waals surface area contributed by atoms with Gasteiger partial charge in [-0.15, -0.1) is 0 Å². The van der Waals surface area contributed by atoms with Gasteiger partial charge in [0.05, 0.1) is 8.95 Å². The number of halogens is 2. The minimum absolute atomic E-state index is 0.0623. The lowest BCUT2D eigenvalue weighted by atomic mass is 9.86. The first kappa shape index (κ1) is 18.0. The van der Waals surface area contributed by atoms with E-state index in [1.807, 2.05) is 6.07 Å². The third-order valence-electron chi connectivity index (χ3n) is 4.14. The number of nitrogens with zero attached hydrogens (tertiary/aromatic N) is 1. The Balaban J connectivity index is 2.18. The summed E-state index contributed by atoms with van der Waals surface area (Å²) in [6, 6.07) is 5.42. The van der Waals surface area contributed by atoms with Gasteiger partial charge in [-0.25, -0.2) is 0 Å². The van der Waals surface area contributed by atoms with E-state index < -0.39 is 0 Å². The topological polar surface area (TPSA) is 73.1 Å². The predicted octanol–water partition coefficient (Wildman–Crippen LogP) is 4.52. The summed E-state index contributed by atoms with van der Waals surface area (Å²) < 4.78 is 0.994. The van der Waals surface area contributed by atoms with Gasteiger partial charge >= 0.3 is 0 Å². The van der Waals surface area contributed by atoms with Gasteiger partial charge in [-0.05, 0) is 74.4 Å². The molecule has 1 saturated carbocycles. The number of aromatic hydroxyl groups is 1. The van der Waals surface area contributed by atoms with Crippen molar-refractivity contribution in [1.29, 1.82) is 5.26 Å². The molecule has 122 valence electrons. The number of nitrogens with one attached hydrogen (secondary N) is 1. The van der Waals surface area contributed by atoms with Crippen LogP contribution in [-0.2, 0) is 4.79 Å². The van der Waals surface area contributed by atoms with Crippen LogP contribution in [-0.4, -0.2) is 17.1 Å². The summed E-state index contributed by atoms with van der Waals surface area (Å²) in [5.41, 5.74) is 0.720. The predicted molar refractivity (Wildman–Crippen MR) is 96.7 cm³/mol. The molecule has 1 aromatic rings. The fourth-order valence-electron chi connectivity index (χ4n) is 2.76. The van der Waals surface area contributed by atoms with E-state index in [-0.39, 0.29) is 23.3 Å². The first-order chi connectivity index (χ1) is 10.9. The number of phenols is 1. The third kappa shape index (κ3) is 4.58. The van der Waals surface area contributed by atoms with Gasteiger partial charge in [-0.2, -0.15) is 5.26 Å². The second-order valence-corrected chi connectivity index (χ2v) is 7.55. The van der Waals surface area contributed by atoms with Gasteiger partial charge in [-0.1, -0.05) is 19.8 Å². The van der Waals surface area contributed by atoms with Crippen molar-refractivity contribution < 1.29 is 9.90 Å². The van der Waals surface area contributed by atoms with Crippen LogP contribution in [0.2, 0.25) is 0 Å². The highest BCUT2D eigenvalue weighted by atomic mass is 79.9. The van der Waals surface area contributed by atoms with E-state index >= 15 is 0 Å². The molecule has 0 aromatic heterocycles. The highest BCUT2D eigenvalue weighted by molar-refractivity contribution is 9.11. The minimum atomic E-state index is -0.341. The summed E-state index contributed by atoms with van der Waals surface area (Å²) in [4.78, 5) is 12.4. The fourth-order valence-corrected chi connectivity index (χ4v) is 3.98. The van der Waals surface area contributed by atoms with Crippen molar-refractivity contribution in [2.24, 2.45) is 5.92 Å². The summed E-state index contributed by atoms with van der Waals surface area (Å²) >= 11 is 6.48. The van der Waals surface area contributed by atoms with Crippen molar-refractivity contribution in [3.05, 3.63) is 32.2 Å².